The second kappa shape index (κ2) is 8.13. The van der Waals surface area contributed by atoms with Gasteiger partial charge in [-0.25, -0.2) is 4.98 Å². The summed E-state index contributed by atoms with van der Waals surface area (Å²) in [5.41, 5.74) is 3.76. The molecule has 1 aliphatic rings. The van der Waals surface area contributed by atoms with Crippen LogP contribution >= 0.6 is 11.6 Å². The van der Waals surface area contributed by atoms with Crippen molar-refractivity contribution in [2.75, 3.05) is 45.3 Å². The van der Waals surface area contributed by atoms with Gasteiger partial charge in [-0.1, -0.05) is 11.6 Å². The van der Waals surface area contributed by atoms with Crippen molar-refractivity contribution in [3.8, 4) is 22.8 Å². The van der Waals surface area contributed by atoms with E-state index in [4.69, 9.17) is 26.1 Å². The molecule has 0 N–H and O–H groups in total. The zero-order valence-electron chi connectivity index (χ0n) is 17.4. The molecule has 3 heterocycles. The van der Waals surface area contributed by atoms with Gasteiger partial charge in [0, 0.05) is 68.0 Å². The highest BCUT2D eigenvalue weighted by Gasteiger charge is 2.20. The predicted octanol–water partition coefficient (Wildman–Crippen LogP) is 4.20. The maximum absolute atomic E-state index is 6.34. The molecule has 4 rings (SSSR count). The highest BCUT2D eigenvalue weighted by molar-refractivity contribution is 6.32. The molecule has 3 aromatic rings. The summed E-state index contributed by atoms with van der Waals surface area (Å²) in [5, 5.41) is 0.532. The zero-order chi connectivity index (χ0) is 20.5. The van der Waals surface area contributed by atoms with Crippen LogP contribution < -0.4 is 14.4 Å². The molecule has 29 heavy (non-hydrogen) atoms. The lowest BCUT2D eigenvalue weighted by atomic mass is 10.1. The van der Waals surface area contributed by atoms with E-state index in [0.29, 0.717) is 22.6 Å². The van der Waals surface area contributed by atoms with Crippen LogP contribution in [0.4, 0.5) is 5.69 Å². The molecule has 0 amide bonds. The van der Waals surface area contributed by atoms with Crippen molar-refractivity contribution in [1.29, 1.82) is 0 Å². The van der Waals surface area contributed by atoms with Crippen molar-refractivity contribution in [1.82, 2.24) is 14.3 Å². The van der Waals surface area contributed by atoms with E-state index in [0.717, 1.165) is 43.1 Å². The molecular weight excluding hydrogens is 388 g/mol. The van der Waals surface area contributed by atoms with Crippen molar-refractivity contribution >= 4 is 22.9 Å². The smallest absolute Gasteiger partial charge is 0.141 e. The number of hydrogen-bond donors (Lipinski definition) is 0. The molecule has 7 heteroatoms. The second-order valence-corrected chi connectivity index (χ2v) is 7.99. The fraction of sp³-hybridized carbons (Fsp3) is 0.409. The first-order valence-electron chi connectivity index (χ1n) is 9.90. The van der Waals surface area contributed by atoms with Crippen molar-refractivity contribution in [3.05, 3.63) is 41.7 Å². The molecule has 154 valence electrons. The topological polar surface area (TPSA) is 42.2 Å². The molecule has 0 bridgehead atoms. The molecule has 0 aliphatic carbocycles. The van der Waals surface area contributed by atoms with Gasteiger partial charge in [0.2, 0.25) is 0 Å². The molecule has 1 saturated heterocycles. The fourth-order valence-corrected chi connectivity index (χ4v) is 4.10. The first kappa shape index (κ1) is 19.9. The molecule has 0 saturated carbocycles. The Morgan fingerprint density at radius 2 is 1.72 bits per heavy atom. The van der Waals surface area contributed by atoms with Gasteiger partial charge in [-0.05, 0) is 26.0 Å². The predicted molar refractivity (Wildman–Crippen MR) is 118 cm³/mol. The van der Waals surface area contributed by atoms with Gasteiger partial charge in [-0.15, -0.1) is 0 Å². The minimum absolute atomic E-state index is 0.532. The summed E-state index contributed by atoms with van der Waals surface area (Å²) < 4.78 is 12.9. The van der Waals surface area contributed by atoms with Gasteiger partial charge >= 0.3 is 0 Å². The van der Waals surface area contributed by atoms with E-state index in [9.17, 15) is 0 Å². The Bertz CT molecular complexity index is 1010. The largest absolute Gasteiger partial charge is 0.496 e. The second-order valence-electron chi connectivity index (χ2n) is 7.58. The number of pyridine rings is 1. The zero-order valence-corrected chi connectivity index (χ0v) is 18.1. The summed E-state index contributed by atoms with van der Waals surface area (Å²) in [6.07, 6.45) is 4.06. The molecular formula is C22H27ClN4O2. The highest BCUT2D eigenvalue weighted by Crippen LogP contribution is 2.38. The highest BCUT2D eigenvalue weighted by atomic mass is 35.5. The third-order valence-electron chi connectivity index (χ3n) is 5.60. The number of fused-ring (bicyclic) bond motifs is 1. The number of halogens is 1. The number of aromatic nitrogens is 2. The molecule has 6 nitrogen and oxygen atoms in total. The van der Waals surface area contributed by atoms with Gasteiger partial charge in [0.15, 0.2) is 0 Å². The summed E-state index contributed by atoms with van der Waals surface area (Å²) in [4.78, 5) is 9.78. The van der Waals surface area contributed by atoms with E-state index in [1.807, 2.05) is 16.7 Å². The molecule has 1 aliphatic heterocycles. The minimum atomic E-state index is 0.532. The van der Waals surface area contributed by atoms with E-state index in [2.05, 4.69) is 42.0 Å². The van der Waals surface area contributed by atoms with Crippen LogP contribution in [-0.4, -0.2) is 60.7 Å². The third kappa shape index (κ3) is 3.87. The lowest BCUT2D eigenvalue weighted by molar-refractivity contribution is 0.209. The quantitative estimate of drug-likeness (QED) is 0.625. The van der Waals surface area contributed by atoms with Crippen LogP contribution in [0.15, 0.2) is 36.7 Å². The number of hydrogen-bond acceptors (Lipinski definition) is 5. The van der Waals surface area contributed by atoms with Crippen LogP contribution in [0, 0.1) is 0 Å². The lowest BCUT2D eigenvalue weighted by Crippen LogP contribution is -2.48. The van der Waals surface area contributed by atoms with Crippen molar-refractivity contribution in [2.45, 2.75) is 19.9 Å². The van der Waals surface area contributed by atoms with Crippen LogP contribution in [0.25, 0.3) is 16.9 Å². The molecule has 1 fully saturated rings. The summed E-state index contributed by atoms with van der Waals surface area (Å²) >= 11 is 6.34. The molecule has 2 aromatic heterocycles. The van der Waals surface area contributed by atoms with E-state index in [1.165, 1.54) is 5.69 Å². The fourth-order valence-electron chi connectivity index (χ4n) is 3.85. The van der Waals surface area contributed by atoms with Crippen LogP contribution in [0.3, 0.4) is 0 Å². The number of benzene rings is 1. The van der Waals surface area contributed by atoms with Gasteiger partial charge in [0.1, 0.15) is 17.1 Å². The van der Waals surface area contributed by atoms with Crippen molar-refractivity contribution in [3.63, 3.8) is 0 Å². The SMILES string of the molecule is COc1cc(OC)c(-c2cn3ccc(N4CCN(C(C)C)CC4)cc3n2)cc1Cl. The molecule has 0 radical (unpaired) electrons. The van der Waals surface area contributed by atoms with Crippen molar-refractivity contribution in [2.24, 2.45) is 0 Å². The van der Waals surface area contributed by atoms with E-state index >= 15 is 0 Å². The molecule has 0 unspecified atom stereocenters. The van der Waals surface area contributed by atoms with Gasteiger partial charge in [0.25, 0.3) is 0 Å². The van der Waals surface area contributed by atoms with Crippen molar-refractivity contribution < 1.29 is 9.47 Å². The third-order valence-corrected chi connectivity index (χ3v) is 5.90. The number of methoxy groups -OCH3 is 2. The van der Waals surface area contributed by atoms with Gasteiger partial charge in [0.05, 0.1) is 24.9 Å². The lowest BCUT2D eigenvalue weighted by Gasteiger charge is -2.38. The molecule has 1 aromatic carbocycles. The summed E-state index contributed by atoms with van der Waals surface area (Å²) in [7, 11) is 3.23. The van der Waals surface area contributed by atoms with E-state index in [1.54, 1.807) is 20.3 Å². The normalized spacial score (nSPS) is 15.3. The standard InChI is InChI=1S/C22H27ClN4O2/c1-15(2)25-7-9-26(10-8-25)16-5-6-27-14-19(24-22(27)11-16)17-12-18(23)21(29-4)13-20(17)28-3/h5-6,11-15H,7-10H2,1-4H3. The molecule has 0 spiro atoms. The Morgan fingerprint density at radius 1 is 1.00 bits per heavy atom. The number of piperazine rings is 1. The number of ether oxygens (including phenoxy) is 2. The number of rotatable bonds is 5. The average molecular weight is 415 g/mol. The van der Waals surface area contributed by atoms with Crippen LogP contribution in [0.2, 0.25) is 5.02 Å². The first-order chi connectivity index (χ1) is 14.0. The summed E-state index contributed by atoms with van der Waals surface area (Å²) in [6.45, 7) is 8.75. The maximum Gasteiger partial charge on any atom is 0.141 e. The Hall–Kier alpha value is -2.44. The number of anilines is 1. The van der Waals surface area contributed by atoms with E-state index in [-0.39, 0.29) is 0 Å². The van der Waals surface area contributed by atoms with Crippen LogP contribution in [0.5, 0.6) is 11.5 Å². The average Bonchev–Trinajstić information content (AvgIpc) is 3.16. The summed E-state index contributed by atoms with van der Waals surface area (Å²) in [5.74, 6) is 1.26. The first-order valence-corrected chi connectivity index (χ1v) is 10.3. The van der Waals surface area contributed by atoms with Gasteiger partial charge in [-0.3, -0.25) is 4.90 Å². The van der Waals surface area contributed by atoms with Gasteiger partial charge in [-0.2, -0.15) is 0 Å². The Morgan fingerprint density at radius 3 is 2.38 bits per heavy atom. The Kier molecular flexibility index (Phi) is 5.56. The van der Waals surface area contributed by atoms with Crippen LogP contribution in [0.1, 0.15) is 13.8 Å². The molecule has 0 atom stereocenters. The van der Waals surface area contributed by atoms with Gasteiger partial charge < -0.3 is 18.8 Å². The number of nitrogens with zero attached hydrogens (tertiary/aromatic N) is 4. The minimum Gasteiger partial charge on any atom is -0.496 e. The Balaban J connectivity index is 1.64. The summed E-state index contributed by atoms with van der Waals surface area (Å²) in [6, 6.07) is 8.53. The van der Waals surface area contributed by atoms with Crippen LogP contribution in [-0.2, 0) is 0 Å². The van der Waals surface area contributed by atoms with E-state index < -0.39 is 0 Å². The maximum atomic E-state index is 6.34. The Labute approximate surface area is 176 Å². The monoisotopic (exact) mass is 414 g/mol. The number of imidazole rings is 1.